The number of nitrogens with zero attached hydrogens (tertiary/aromatic N) is 1. The van der Waals surface area contributed by atoms with E-state index in [2.05, 4.69) is 10.3 Å². The molecule has 0 bridgehead atoms. The lowest BCUT2D eigenvalue weighted by Crippen LogP contribution is -2.11. The van der Waals surface area contributed by atoms with Crippen molar-refractivity contribution >= 4 is 28.3 Å². The van der Waals surface area contributed by atoms with Crippen LogP contribution in [0.15, 0.2) is 53.9 Å². The number of carbonyl (C=O) groups is 2. The highest BCUT2D eigenvalue weighted by Crippen LogP contribution is 2.28. The van der Waals surface area contributed by atoms with Gasteiger partial charge in [-0.1, -0.05) is 12.1 Å². The van der Waals surface area contributed by atoms with Crippen molar-refractivity contribution in [2.75, 3.05) is 19.0 Å². The van der Waals surface area contributed by atoms with Crippen LogP contribution in [0.2, 0.25) is 0 Å². The van der Waals surface area contributed by atoms with Gasteiger partial charge in [-0.3, -0.25) is 10.1 Å². The second-order valence-corrected chi connectivity index (χ2v) is 6.29. The van der Waals surface area contributed by atoms with Gasteiger partial charge in [-0.15, -0.1) is 11.3 Å². The fourth-order valence-electron chi connectivity index (χ4n) is 2.27. The Morgan fingerprint density at radius 2 is 1.93 bits per heavy atom. The molecule has 0 unspecified atom stereocenters. The summed E-state index contributed by atoms with van der Waals surface area (Å²) in [5, 5.41) is 13.7. The fraction of sp³-hybridized carbons (Fsp3) is 0.105. The second-order valence-electron chi connectivity index (χ2n) is 5.43. The summed E-state index contributed by atoms with van der Waals surface area (Å²) in [5.41, 5.74) is 1.92. The average Bonchev–Trinajstić information content (AvgIpc) is 3.15. The van der Waals surface area contributed by atoms with E-state index in [-0.39, 0.29) is 5.91 Å². The second kappa shape index (κ2) is 8.33. The molecule has 0 aliphatic rings. The van der Waals surface area contributed by atoms with E-state index in [1.807, 2.05) is 6.07 Å². The number of aliphatic carboxylic acids is 1. The van der Waals surface area contributed by atoms with Crippen LogP contribution in [0.4, 0.5) is 5.13 Å². The number of benzene rings is 2. The van der Waals surface area contributed by atoms with Crippen LogP contribution in [0.1, 0.15) is 10.4 Å². The molecule has 1 amide bonds. The summed E-state index contributed by atoms with van der Waals surface area (Å²) in [6, 6.07) is 13.7. The molecule has 0 saturated carbocycles. The number of methoxy groups -OCH3 is 1. The topological polar surface area (TPSA) is 97.8 Å². The van der Waals surface area contributed by atoms with Crippen LogP contribution >= 0.6 is 11.3 Å². The zero-order chi connectivity index (χ0) is 19.2. The Labute approximate surface area is 159 Å². The third-order valence-corrected chi connectivity index (χ3v) is 4.33. The Balaban J connectivity index is 1.70. The molecular formula is C19H16N2O5S. The number of carbonyl (C=O) groups excluding carboxylic acids is 1. The molecule has 1 heterocycles. The number of aromatic nitrogens is 1. The lowest BCUT2D eigenvalue weighted by Gasteiger charge is -2.05. The van der Waals surface area contributed by atoms with Crippen molar-refractivity contribution in [1.29, 1.82) is 0 Å². The number of ether oxygens (including phenoxy) is 2. The monoisotopic (exact) mass is 384 g/mol. The van der Waals surface area contributed by atoms with Gasteiger partial charge in [-0.25, -0.2) is 9.78 Å². The summed E-state index contributed by atoms with van der Waals surface area (Å²) < 4.78 is 10.2. The molecule has 27 heavy (non-hydrogen) atoms. The highest BCUT2D eigenvalue weighted by Gasteiger charge is 2.11. The molecule has 0 radical (unpaired) electrons. The summed E-state index contributed by atoms with van der Waals surface area (Å²) in [7, 11) is 1.56. The molecule has 138 valence electrons. The van der Waals surface area contributed by atoms with Crippen molar-refractivity contribution in [3.05, 3.63) is 59.5 Å². The number of carboxylic acid groups (broad SMARTS) is 1. The molecule has 0 saturated heterocycles. The molecule has 0 aliphatic heterocycles. The standard InChI is InChI=1S/C19H16N2O5S/c1-25-14-7-5-12(6-8-14)18(24)21-19-20-16(11-27-19)13-3-2-4-15(9-13)26-10-17(22)23/h2-9,11H,10H2,1H3,(H,22,23)(H,20,21,24). The first-order valence-corrected chi connectivity index (χ1v) is 8.79. The number of hydrogen-bond donors (Lipinski definition) is 2. The smallest absolute Gasteiger partial charge is 0.341 e. The normalized spacial score (nSPS) is 10.3. The molecule has 0 atom stereocenters. The van der Waals surface area contributed by atoms with Crippen LogP contribution in [0.3, 0.4) is 0 Å². The third kappa shape index (κ3) is 4.83. The summed E-state index contributed by atoms with van der Waals surface area (Å²) >= 11 is 1.30. The van der Waals surface area contributed by atoms with Crippen LogP contribution in [-0.2, 0) is 4.79 Å². The highest BCUT2D eigenvalue weighted by atomic mass is 32.1. The molecule has 0 spiro atoms. The van der Waals surface area contributed by atoms with Gasteiger partial charge in [0.15, 0.2) is 11.7 Å². The van der Waals surface area contributed by atoms with E-state index in [0.717, 1.165) is 5.56 Å². The van der Waals surface area contributed by atoms with E-state index in [1.54, 1.807) is 55.0 Å². The molecule has 2 N–H and O–H groups in total. The molecule has 0 fully saturated rings. The lowest BCUT2D eigenvalue weighted by molar-refractivity contribution is -0.139. The maximum atomic E-state index is 12.3. The van der Waals surface area contributed by atoms with Crippen LogP contribution in [0.5, 0.6) is 11.5 Å². The van der Waals surface area contributed by atoms with Gasteiger partial charge in [-0.05, 0) is 36.4 Å². The zero-order valence-electron chi connectivity index (χ0n) is 14.3. The van der Waals surface area contributed by atoms with Crippen LogP contribution in [-0.4, -0.2) is 35.7 Å². The minimum absolute atomic E-state index is 0.267. The van der Waals surface area contributed by atoms with Crippen LogP contribution < -0.4 is 14.8 Å². The predicted molar refractivity (Wildman–Crippen MR) is 102 cm³/mol. The van der Waals surface area contributed by atoms with Gasteiger partial charge < -0.3 is 14.6 Å². The van der Waals surface area contributed by atoms with E-state index >= 15 is 0 Å². The zero-order valence-corrected chi connectivity index (χ0v) is 15.2. The van der Waals surface area contributed by atoms with Crippen molar-refractivity contribution in [1.82, 2.24) is 4.98 Å². The Bertz CT molecular complexity index is 953. The van der Waals surface area contributed by atoms with Gasteiger partial charge in [0.25, 0.3) is 5.91 Å². The van der Waals surface area contributed by atoms with Crippen molar-refractivity contribution in [2.45, 2.75) is 0 Å². The van der Waals surface area contributed by atoms with Gasteiger partial charge in [0.2, 0.25) is 0 Å². The van der Waals surface area contributed by atoms with Crippen molar-refractivity contribution in [3.63, 3.8) is 0 Å². The molecular weight excluding hydrogens is 368 g/mol. The maximum absolute atomic E-state index is 12.3. The van der Waals surface area contributed by atoms with Crippen molar-refractivity contribution < 1.29 is 24.2 Å². The molecule has 2 aromatic carbocycles. The molecule has 7 nitrogen and oxygen atoms in total. The third-order valence-electron chi connectivity index (χ3n) is 3.57. The van der Waals surface area contributed by atoms with Gasteiger partial charge in [0, 0.05) is 16.5 Å². The average molecular weight is 384 g/mol. The van der Waals surface area contributed by atoms with Crippen molar-refractivity contribution in [3.8, 4) is 22.8 Å². The number of carboxylic acids is 1. The van der Waals surface area contributed by atoms with Gasteiger partial charge in [-0.2, -0.15) is 0 Å². The van der Waals surface area contributed by atoms with Gasteiger partial charge in [0.05, 0.1) is 12.8 Å². The molecule has 3 rings (SSSR count). The summed E-state index contributed by atoms with van der Waals surface area (Å²) in [6.45, 7) is -0.413. The van der Waals surface area contributed by atoms with E-state index in [0.29, 0.717) is 27.9 Å². The van der Waals surface area contributed by atoms with E-state index in [9.17, 15) is 9.59 Å². The molecule has 1 aromatic heterocycles. The maximum Gasteiger partial charge on any atom is 0.341 e. The SMILES string of the molecule is COc1ccc(C(=O)Nc2nc(-c3cccc(OCC(=O)O)c3)cs2)cc1. The minimum Gasteiger partial charge on any atom is -0.497 e. The molecule has 0 aliphatic carbocycles. The van der Waals surface area contributed by atoms with Gasteiger partial charge >= 0.3 is 5.97 Å². The molecule has 3 aromatic rings. The van der Waals surface area contributed by atoms with Gasteiger partial charge in [0.1, 0.15) is 11.5 Å². The minimum atomic E-state index is -1.04. The Hall–Kier alpha value is -3.39. The number of amides is 1. The number of hydrogen-bond acceptors (Lipinski definition) is 6. The first-order valence-electron chi connectivity index (χ1n) is 7.91. The van der Waals surface area contributed by atoms with Crippen LogP contribution in [0, 0.1) is 0 Å². The van der Waals surface area contributed by atoms with E-state index in [1.165, 1.54) is 11.3 Å². The fourth-order valence-corrected chi connectivity index (χ4v) is 2.98. The quantitative estimate of drug-likeness (QED) is 0.647. The first kappa shape index (κ1) is 18.4. The Morgan fingerprint density at radius 3 is 2.63 bits per heavy atom. The highest BCUT2D eigenvalue weighted by molar-refractivity contribution is 7.14. The van der Waals surface area contributed by atoms with Crippen molar-refractivity contribution in [2.24, 2.45) is 0 Å². The number of thiazole rings is 1. The summed E-state index contributed by atoms with van der Waals surface area (Å²) in [4.78, 5) is 27.3. The largest absolute Gasteiger partial charge is 0.497 e. The number of rotatable bonds is 7. The first-order chi connectivity index (χ1) is 13.0. The van der Waals surface area contributed by atoms with E-state index < -0.39 is 12.6 Å². The summed E-state index contributed by atoms with van der Waals surface area (Å²) in [5.74, 6) is -0.200. The number of nitrogens with one attached hydrogen (secondary N) is 1. The molecule has 8 heteroatoms. The van der Waals surface area contributed by atoms with E-state index in [4.69, 9.17) is 14.6 Å². The van der Waals surface area contributed by atoms with Crippen LogP contribution in [0.25, 0.3) is 11.3 Å². The lowest BCUT2D eigenvalue weighted by atomic mass is 10.2. The number of anilines is 1. The Morgan fingerprint density at radius 1 is 1.15 bits per heavy atom. The predicted octanol–water partition coefficient (Wildman–Crippen LogP) is 3.53. The summed E-state index contributed by atoms with van der Waals surface area (Å²) in [6.07, 6.45) is 0. The Kier molecular flexibility index (Phi) is 5.68.